The number of hydrogen-bond acceptors (Lipinski definition) is 1. The molecule has 0 heterocycles. The van der Waals surface area contributed by atoms with Crippen molar-refractivity contribution in [3.05, 3.63) is 90.5 Å². The standard InChI is InChI=1S/C22H22N.Li/c1-22(2,3)18-11-10-16-21(17-18)23(19-12-6-4-7-13-19)20-14-8-5-9-15-20;/h4-15,17H,1-3H3;/q-1;+1. The van der Waals surface area contributed by atoms with Crippen molar-refractivity contribution in [2.24, 2.45) is 0 Å². The van der Waals surface area contributed by atoms with Gasteiger partial charge in [-0.05, 0) is 29.7 Å². The quantitative estimate of drug-likeness (QED) is 0.530. The van der Waals surface area contributed by atoms with E-state index < -0.39 is 0 Å². The summed E-state index contributed by atoms with van der Waals surface area (Å²) in [6.07, 6.45) is 0. The molecule has 0 fully saturated rings. The van der Waals surface area contributed by atoms with E-state index >= 15 is 0 Å². The molecule has 0 aliphatic carbocycles. The summed E-state index contributed by atoms with van der Waals surface area (Å²) in [7, 11) is 0. The zero-order chi connectivity index (χ0) is 16.3. The van der Waals surface area contributed by atoms with E-state index in [4.69, 9.17) is 0 Å². The van der Waals surface area contributed by atoms with Crippen LogP contribution in [0.2, 0.25) is 0 Å². The first kappa shape index (κ1) is 18.4. The Hall–Kier alpha value is -1.94. The van der Waals surface area contributed by atoms with Gasteiger partial charge in [0, 0.05) is 11.4 Å². The molecular weight excluding hydrogens is 285 g/mol. The molecule has 2 heteroatoms. The van der Waals surface area contributed by atoms with E-state index in [0.29, 0.717) is 0 Å². The maximum absolute atomic E-state index is 3.40. The van der Waals surface area contributed by atoms with Gasteiger partial charge in [0.05, 0.1) is 0 Å². The number of anilines is 3. The zero-order valence-electron chi connectivity index (χ0n) is 15.0. The van der Waals surface area contributed by atoms with Gasteiger partial charge in [-0.15, -0.1) is 6.07 Å². The molecule has 0 bridgehead atoms. The predicted octanol–water partition coefficient (Wildman–Crippen LogP) is 3.26. The molecule has 0 radical (unpaired) electrons. The third-order valence-corrected chi connectivity index (χ3v) is 3.92. The molecule has 1 nitrogen and oxygen atoms in total. The topological polar surface area (TPSA) is 3.24 Å². The zero-order valence-corrected chi connectivity index (χ0v) is 15.0. The van der Waals surface area contributed by atoms with E-state index in [9.17, 15) is 0 Å². The molecule has 0 aliphatic rings. The van der Waals surface area contributed by atoms with Gasteiger partial charge in [-0.3, -0.25) is 0 Å². The van der Waals surface area contributed by atoms with Crippen molar-refractivity contribution < 1.29 is 18.9 Å². The molecule has 116 valence electrons. The van der Waals surface area contributed by atoms with Crippen LogP contribution in [0.5, 0.6) is 0 Å². The maximum atomic E-state index is 3.40. The Labute approximate surface area is 157 Å². The van der Waals surface area contributed by atoms with Crippen molar-refractivity contribution in [1.29, 1.82) is 0 Å². The van der Waals surface area contributed by atoms with Crippen LogP contribution >= 0.6 is 0 Å². The molecular formula is C22H22LiN. The fraction of sp³-hybridized carbons (Fsp3) is 0.182. The van der Waals surface area contributed by atoms with Crippen molar-refractivity contribution >= 4 is 17.1 Å². The van der Waals surface area contributed by atoms with Gasteiger partial charge in [0.2, 0.25) is 0 Å². The van der Waals surface area contributed by atoms with Crippen LogP contribution in [0.15, 0.2) is 78.9 Å². The van der Waals surface area contributed by atoms with Crippen molar-refractivity contribution in [3.8, 4) is 0 Å². The molecule has 0 N–H and O–H groups in total. The van der Waals surface area contributed by atoms with Gasteiger partial charge in [-0.25, -0.2) is 0 Å². The molecule has 0 saturated carbocycles. The van der Waals surface area contributed by atoms with Crippen LogP contribution in [0.3, 0.4) is 0 Å². The first-order chi connectivity index (χ1) is 11.1. The van der Waals surface area contributed by atoms with Gasteiger partial charge in [0.1, 0.15) is 0 Å². The van der Waals surface area contributed by atoms with E-state index in [-0.39, 0.29) is 24.3 Å². The molecule has 0 unspecified atom stereocenters. The second-order valence-corrected chi connectivity index (χ2v) is 6.72. The summed E-state index contributed by atoms with van der Waals surface area (Å²) in [6, 6.07) is 30.7. The van der Waals surface area contributed by atoms with Crippen LogP contribution < -0.4 is 23.8 Å². The molecule has 3 aromatic rings. The molecule has 0 aromatic heterocycles. The first-order valence-electron chi connectivity index (χ1n) is 7.98. The number of benzene rings is 3. The van der Waals surface area contributed by atoms with Gasteiger partial charge in [-0.1, -0.05) is 62.9 Å². The smallest absolute Gasteiger partial charge is 0.334 e. The maximum Gasteiger partial charge on any atom is 1.00 e. The summed E-state index contributed by atoms with van der Waals surface area (Å²) >= 11 is 0. The molecule has 3 rings (SSSR count). The van der Waals surface area contributed by atoms with Crippen LogP contribution in [-0.2, 0) is 5.41 Å². The van der Waals surface area contributed by atoms with Crippen LogP contribution in [0, 0.1) is 6.07 Å². The third-order valence-electron chi connectivity index (χ3n) is 3.92. The van der Waals surface area contributed by atoms with Crippen molar-refractivity contribution in [2.45, 2.75) is 26.2 Å². The van der Waals surface area contributed by atoms with Crippen LogP contribution in [0.4, 0.5) is 17.1 Å². The summed E-state index contributed by atoms with van der Waals surface area (Å²) in [5.74, 6) is 0. The molecule has 0 spiro atoms. The Morgan fingerprint density at radius 1 is 0.750 bits per heavy atom. The summed E-state index contributed by atoms with van der Waals surface area (Å²) in [6.45, 7) is 6.71. The van der Waals surface area contributed by atoms with Crippen molar-refractivity contribution in [2.75, 3.05) is 4.90 Å². The SMILES string of the molecule is CC(C)(C)c1cc[c-]c(N(c2ccccc2)c2ccccc2)c1.[Li+]. The van der Waals surface area contributed by atoms with Gasteiger partial charge < -0.3 is 4.90 Å². The molecule has 0 aliphatic heterocycles. The Bertz CT molecular complexity index is 721. The third kappa shape index (κ3) is 4.12. The van der Waals surface area contributed by atoms with Crippen molar-refractivity contribution in [3.63, 3.8) is 0 Å². The van der Waals surface area contributed by atoms with E-state index in [1.165, 1.54) is 5.56 Å². The molecule has 24 heavy (non-hydrogen) atoms. The average Bonchev–Trinajstić information content (AvgIpc) is 2.57. The number of para-hydroxylation sites is 2. The molecule has 0 amide bonds. The number of hydrogen-bond donors (Lipinski definition) is 0. The number of rotatable bonds is 3. The summed E-state index contributed by atoms with van der Waals surface area (Å²) in [5, 5.41) is 0. The van der Waals surface area contributed by atoms with E-state index in [0.717, 1.165) is 17.1 Å². The fourth-order valence-electron chi connectivity index (χ4n) is 2.63. The van der Waals surface area contributed by atoms with E-state index in [1.807, 2.05) is 18.2 Å². The summed E-state index contributed by atoms with van der Waals surface area (Å²) in [4.78, 5) is 2.25. The Morgan fingerprint density at radius 3 is 1.71 bits per heavy atom. The first-order valence-corrected chi connectivity index (χ1v) is 7.98. The van der Waals surface area contributed by atoms with E-state index in [1.54, 1.807) is 0 Å². The second-order valence-electron chi connectivity index (χ2n) is 6.72. The minimum atomic E-state index is 0. The van der Waals surface area contributed by atoms with Gasteiger partial charge in [0.15, 0.2) is 0 Å². The molecule has 3 aromatic carbocycles. The summed E-state index contributed by atoms with van der Waals surface area (Å²) < 4.78 is 0. The Kier molecular flexibility index (Phi) is 5.94. The minimum Gasteiger partial charge on any atom is -0.334 e. The molecule has 0 atom stereocenters. The van der Waals surface area contributed by atoms with Gasteiger partial charge in [0.25, 0.3) is 0 Å². The Morgan fingerprint density at radius 2 is 1.25 bits per heavy atom. The largest absolute Gasteiger partial charge is 1.00 e. The Balaban J connectivity index is 0.00000208. The normalized spacial score (nSPS) is 10.8. The average molecular weight is 307 g/mol. The van der Waals surface area contributed by atoms with Crippen LogP contribution in [0.1, 0.15) is 26.3 Å². The van der Waals surface area contributed by atoms with Gasteiger partial charge in [-0.2, -0.15) is 23.8 Å². The fourth-order valence-corrected chi connectivity index (χ4v) is 2.63. The van der Waals surface area contributed by atoms with E-state index in [2.05, 4.69) is 92.4 Å². The second kappa shape index (κ2) is 7.75. The predicted molar refractivity (Wildman–Crippen MR) is 98.7 cm³/mol. The summed E-state index contributed by atoms with van der Waals surface area (Å²) in [5.41, 5.74) is 4.77. The van der Waals surface area contributed by atoms with Crippen LogP contribution in [-0.4, -0.2) is 0 Å². The molecule has 0 saturated heterocycles. The van der Waals surface area contributed by atoms with Gasteiger partial charge >= 0.3 is 18.9 Å². The minimum absolute atomic E-state index is 0. The van der Waals surface area contributed by atoms with Crippen molar-refractivity contribution in [1.82, 2.24) is 0 Å². The monoisotopic (exact) mass is 307 g/mol. The number of nitrogens with zero attached hydrogens (tertiary/aromatic N) is 1. The van der Waals surface area contributed by atoms with Crippen LogP contribution in [0.25, 0.3) is 0 Å².